The van der Waals surface area contributed by atoms with Gasteiger partial charge in [0, 0.05) is 0 Å². The van der Waals surface area contributed by atoms with Crippen molar-refractivity contribution in [1.82, 2.24) is 5.32 Å². The van der Waals surface area contributed by atoms with Gasteiger partial charge in [-0.15, -0.1) is 0 Å². The van der Waals surface area contributed by atoms with E-state index in [1.54, 1.807) is 0 Å². The molecule has 21 heavy (non-hydrogen) atoms. The summed E-state index contributed by atoms with van der Waals surface area (Å²) in [5.41, 5.74) is 1.99. The van der Waals surface area contributed by atoms with E-state index >= 15 is 0 Å². The average Bonchev–Trinajstić information content (AvgIpc) is 3.09. The maximum atomic E-state index is 12.3. The molecule has 3 nitrogen and oxygen atoms in total. The molecule has 1 fully saturated rings. The molecule has 0 aromatic heterocycles. The van der Waals surface area contributed by atoms with Crippen LogP contribution >= 0.6 is 0 Å². The molecule has 0 radical (unpaired) electrons. The van der Waals surface area contributed by atoms with Crippen molar-refractivity contribution in [2.45, 2.75) is 18.9 Å². The van der Waals surface area contributed by atoms with E-state index in [1.807, 2.05) is 60.7 Å². The minimum Gasteiger partial charge on any atom is -0.525 e. The molecule has 0 bridgehead atoms. The molecule has 1 N–H and O–H groups in total. The number of rotatable bonds is 4. The Bertz CT molecular complexity index is 543. The largest absolute Gasteiger partial charge is 0.525 e. The highest BCUT2D eigenvalue weighted by atomic mass is 16.5. The van der Waals surface area contributed by atoms with Crippen LogP contribution in [0.1, 0.15) is 12.8 Å². The molecule has 106 valence electrons. The van der Waals surface area contributed by atoms with Gasteiger partial charge in [0.2, 0.25) is 0 Å². The van der Waals surface area contributed by atoms with Gasteiger partial charge in [-0.2, -0.15) is 0 Å². The molecule has 1 aliphatic heterocycles. The summed E-state index contributed by atoms with van der Waals surface area (Å²) in [6.07, 6.45) is 1.89. The van der Waals surface area contributed by atoms with Crippen molar-refractivity contribution in [3.05, 3.63) is 60.7 Å². The predicted molar refractivity (Wildman–Crippen MR) is 85.0 cm³/mol. The van der Waals surface area contributed by atoms with Crippen LogP contribution in [0.15, 0.2) is 60.7 Å². The predicted octanol–water partition coefficient (Wildman–Crippen LogP) is 1.09. The van der Waals surface area contributed by atoms with Gasteiger partial charge in [0.05, 0.1) is 0 Å². The summed E-state index contributed by atoms with van der Waals surface area (Å²) < 4.78 is 5.81. The van der Waals surface area contributed by atoms with Gasteiger partial charge in [0.15, 0.2) is 0 Å². The number of benzene rings is 2. The summed E-state index contributed by atoms with van der Waals surface area (Å²) in [5.74, 6) is -0.162. The Hall–Kier alpha value is -2.07. The second-order valence-electron chi connectivity index (χ2n) is 5.29. The third kappa shape index (κ3) is 3.34. The minimum absolute atomic E-state index is 0.162. The first-order chi connectivity index (χ1) is 10.3. The molecule has 2 aromatic rings. The standard InChI is InChI=1S/C17H18BNO2/c20-17(16-12-7-13-19-16)21-18(14-8-3-1-4-9-14)15-10-5-2-6-11-15/h1-6,8-11,16,19H,7,12-13H2. The maximum absolute atomic E-state index is 12.3. The maximum Gasteiger partial charge on any atom is 0.429 e. The highest BCUT2D eigenvalue weighted by molar-refractivity contribution is 6.81. The lowest BCUT2D eigenvalue weighted by atomic mass is 9.55. The van der Waals surface area contributed by atoms with Crippen molar-refractivity contribution >= 4 is 23.8 Å². The number of carbonyl (C=O) groups excluding carboxylic acids is 1. The van der Waals surface area contributed by atoms with E-state index in [1.165, 1.54) is 0 Å². The van der Waals surface area contributed by atoms with Gasteiger partial charge >= 0.3 is 12.9 Å². The molecule has 1 atom stereocenters. The number of carbonyl (C=O) groups is 1. The van der Waals surface area contributed by atoms with Gasteiger partial charge in [-0.25, -0.2) is 0 Å². The summed E-state index contributed by atoms with van der Waals surface area (Å²) in [4.78, 5) is 12.3. The molecule has 4 heteroatoms. The summed E-state index contributed by atoms with van der Waals surface area (Å²) in [7, 11) is 0. The van der Waals surface area contributed by atoms with Crippen LogP contribution in [0.4, 0.5) is 0 Å². The third-order valence-electron chi connectivity index (χ3n) is 3.78. The third-order valence-corrected chi connectivity index (χ3v) is 3.78. The monoisotopic (exact) mass is 279 g/mol. The molecule has 1 saturated heterocycles. The van der Waals surface area contributed by atoms with Crippen molar-refractivity contribution in [2.75, 3.05) is 6.54 Å². The lowest BCUT2D eigenvalue weighted by molar-refractivity contribution is -0.136. The molecular formula is C17H18BNO2. The van der Waals surface area contributed by atoms with Crippen molar-refractivity contribution in [1.29, 1.82) is 0 Å². The van der Waals surface area contributed by atoms with E-state index in [0.717, 1.165) is 30.3 Å². The smallest absolute Gasteiger partial charge is 0.429 e. The molecule has 1 aliphatic rings. The molecule has 2 aromatic carbocycles. The van der Waals surface area contributed by atoms with Crippen molar-refractivity contribution in [3.8, 4) is 0 Å². The van der Waals surface area contributed by atoms with Crippen molar-refractivity contribution in [3.63, 3.8) is 0 Å². The first-order valence-corrected chi connectivity index (χ1v) is 7.38. The molecule has 3 rings (SSSR count). The highest BCUT2D eigenvalue weighted by Gasteiger charge is 2.30. The fourth-order valence-corrected chi connectivity index (χ4v) is 2.67. The van der Waals surface area contributed by atoms with E-state index in [4.69, 9.17) is 4.65 Å². The van der Waals surface area contributed by atoms with E-state index in [2.05, 4.69) is 5.32 Å². The summed E-state index contributed by atoms with van der Waals surface area (Å²) in [6.45, 7) is 0.545. The first-order valence-electron chi connectivity index (χ1n) is 7.38. The van der Waals surface area contributed by atoms with Crippen LogP contribution < -0.4 is 16.2 Å². The zero-order valence-electron chi connectivity index (χ0n) is 11.9. The number of nitrogens with one attached hydrogen (secondary N) is 1. The summed E-state index contributed by atoms with van der Waals surface area (Å²) in [5, 5.41) is 3.19. The van der Waals surface area contributed by atoms with Crippen LogP contribution in [-0.2, 0) is 9.45 Å². The van der Waals surface area contributed by atoms with E-state index in [9.17, 15) is 4.79 Å². The van der Waals surface area contributed by atoms with Gasteiger partial charge in [-0.1, -0.05) is 60.7 Å². The quantitative estimate of drug-likeness (QED) is 0.851. The first kappa shape index (κ1) is 13.9. The van der Waals surface area contributed by atoms with Crippen molar-refractivity contribution < 1.29 is 9.45 Å². The Labute approximate surface area is 125 Å². The second-order valence-corrected chi connectivity index (χ2v) is 5.29. The molecular weight excluding hydrogens is 261 g/mol. The average molecular weight is 279 g/mol. The fraction of sp³-hybridized carbons (Fsp3) is 0.235. The van der Waals surface area contributed by atoms with Gasteiger partial charge in [-0.05, 0) is 30.3 Å². The van der Waals surface area contributed by atoms with Crippen LogP contribution in [-0.4, -0.2) is 25.5 Å². The summed E-state index contributed by atoms with van der Waals surface area (Å²) in [6, 6.07) is 19.6. The Morgan fingerprint density at radius 1 is 1.00 bits per heavy atom. The zero-order chi connectivity index (χ0) is 14.5. The Balaban J connectivity index is 1.84. The summed E-state index contributed by atoms with van der Waals surface area (Å²) >= 11 is 0. The number of hydrogen-bond acceptors (Lipinski definition) is 3. The van der Waals surface area contributed by atoms with Crippen LogP contribution in [0.2, 0.25) is 0 Å². The Morgan fingerprint density at radius 2 is 1.57 bits per heavy atom. The topological polar surface area (TPSA) is 38.3 Å². The van der Waals surface area contributed by atoms with Crippen LogP contribution in [0, 0.1) is 0 Å². The van der Waals surface area contributed by atoms with Gasteiger partial charge in [0.25, 0.3) is 0 Å². The molecule has 0 amide bonds. The van der Waals surface area contributed by atoms with E-state index in [-0.39, 0.29) is 18.9 Å². The minimum atomic E-state index is -0.345. The lowest BCUT2D eigenvalue weighted by Gasteiger charge is -2.18. The molecule has 1 heterocycles. The van der Waals surface area contributed by atoms with Gasteiger partial charge in [0.1, 0.15) is 6.04 Å². The van der Waals surface area contributed by atoms with E-state index < -0.39 is 0 Å². The SMILES string of the molecule is O=C(OB(c1ccccc1)c1ccccc1)C1CCCN1. The Kier molecular flexibility index (Phi) is 4.36. The normalized spacial score (nSPS) is 17.4. The highest BCUT2D eigenvalue weighted by Crippen LogP contribution is 2.07. The van der Waals surface area contributed by atoms with E-state index in [0.29, 0.717) is 0 Å². The van der Waals surface area contributed by atoms with Crippen LogP contribution in [0.5, 0.6) is 0 Å². The number of hydrogen-bond donors (Lipinski definition) is 1. The van der Waals surface area contributed by atoms with Gasteiger partial charge in [-0.3, -0.25) is 4.79 Å². The fourth-order valence-electron chi connectivity index (χ4n) is 2.67. The zero-order valence-corrected chi connectivity index (χ0v) is 11.9. The molecule has 0 aliphatic carbocycles. The van der Waals surface area contributed by atoms with Crippen LogP contribution in [0.3, 0.4) is 0 Å². The molecule has 1 unspecified atom stereocenters. The molecule has 0 saturated carbocycles. The van der Waals surface area contributed by atoms with Crippen LogP contribution in [0.25, 0.3) is 0 Å². The lowest BCUT2D eigenvalue weighted by Crippen LogP contribution is -2.49. The second kappa shape index (κ2) is 6.59. The van der Waals surface area contributed by atoms with Crippen molar-refractivity contribution in [2.24, 2.45) is 0 Å². The Morgan fingerprint density at radius 3 is 2.05 bits per heavy atom. The van der Waals surface area contributed by atoms with Gasteiger partial charge < -0.3 is 9.97 Å². The molecule has 0 spiro atoms.